The van der Waals surface area contributed by atoms with E-state index in [0.717, 1.165) is 17.3 Å². The molecule has 0 spiro atoms. The van der Waals surface area contributed by atoms with Crippen molar-refractivity contribution in [3.63, 3.8) is 0 Å². The van der Waals surface area contributed by atoms with Gasteiger partial charge < -0.3 is 4.57 Å². The van der Waals surface area contributed by atoms with Gasteiger partial charge in [-0.2, -0.15) is 5.26 Å². The molecule has 0 radical (unpaired) electrons. The van der Waals surface area contributed by atoms with Crippen LogP contribution in [0.15, 0.2) is 30.5 Å². The van der Waals surface area contributed by atoms with Crippen LogP contribution < -0.4 is 0 Å². The van der Waals surface area contributed by atoms with E-state index in [9.17, 15) is 0 Å². The minimum absolute atomic E-state index is 0.713. The van der Waals surface area contributed by atoms with Gasteiger partial charge >= 0.3 is 0 Å². The summed E-state index contributed by atoms with van der Waals surface area (Å²) in [7, 11) is 2.03. The van der Waals surface area contributed by atoms with Crippen LogP contribution in [0.4, 0.5) is 0 Å². The number of nitrogens with zero attached hydrogens (tertiary/aromatic N) is 2. The van der Waals surface area contributed by atoms with Crippen molar-refractivity contribution in [3.05, 3.63) is 41.6 Å². The monoisotopic (exact) mass is 210 g/mol. The molecule has 0 unspecified atom stereocenters. The first-order valence-electron chi connectivity index (χ1n) is 5.42. The van der Waals surface area contributed by atoms with Crippen LogP contribution in [0.3, 0.4) is 0 Å². The van der Waals surface area contributed by atoms with Gasteiger partial charge in [0.2, 0.25) is 0 Å². The van der Waals surface area contributed by atoms with Crippen molar-refractivity contribution in [1.29, 1.82) is 5.26 Å². The Morgan fingerprint density at radius 2 is 2.25 bits per heavy atom. The molecule has 1 heterocycles. The van der Waals surface area contributed by atoms with E-state index in [2.05, 4.69) is 35.9 Å². The van der Waals surface area contributed by atoms with Gasteiger partial charge in [-0.3, -0.25) is 0 Å². The molecule has 0 amide bonds. The molecule has 0 aliphatic rings. The SMILES string of the molecule is CC/C=C/c1cn(C)c2ccc(C#N)cc12. The van der Waals surface area contributed by atoms with Crippen LogP contribution in [0.1, 0.15) is 24.5 Å². The summed E-state index contributed by atoms with van der Waals surface area (Å²) in [5, 5.41) is 10.0. The number of fused-ring (bicyclic) bond motifs is 1. The molecule has 80 valence electrons. The van der Waals surface area contributed by atoms with Crippen molar-refractivity contribution in [2.75, 3.05) is 0 Å². The van der Waals surface area contributed by atoms with Crippen LogP contribution in [0.25, 0.3) is 17.0 Å². The average molecular weight is 210 g/mol. The highest BCUT2D eigenvalue weighted by atomic mass is 14.9. The average Bonchev–Trinajstić information content (AvgIpc) is 2.63. The van der Waals surface area contributed by atoms with Crippen molar-refractivity contribution in [3.8, 4) is 6.07 Å². The normalized spacial score (nSPS) is 11.1. The third-order valence-electron chi connectivity index (χ3n) is 2.68. The van der Waals surface area contributed by atoms with E-state index in [-0.39, 0.29) is 0 Å². The van der Waals surface area contributed by atoms with Crippen LogP contribution in [0, 0.1) is 11.3 Å². The number of allylic oxidation sites excluding steroid dienone is 1. The minimum atomic E-state index is 0.713. The van der Waals surface area contributed by atoms with Gasteiger partial charge in [-0.25, -0.2) is 0 Å². The lowest BCUT2D eigenvalue weighted by molar-refractivity contribution is 0.968. The fraction of sp³-hybridized carbons (Fsp3) is 0.214. The number of nitriles is 1. The van der Waals surface area contributed by atoms with E-state index in [1.807, 2.05) is 25.2 Å². The van der Waals surface area contributed by atoms with Crippen molar-refractivity contribution >= 4 is 17.0 Å². The van der Waals surface area contributed by atoms with Gasteiger partial charge in [0.05, 0.1) is 11.6 Å². The predicted molar refractivity (Wildman–Crippen MR) is 67.0 cm³/mol. The van der Waals surface area contributed by atoms with Crippen LogP contribution >= 0.6 is 0 Å². The Kier molecular flexibility index (Phi) is 2.78. The molecule has 0 fully saturated rings. The summed E-state index contributed by atoms with van der Waals surface area (Å²) in [5.41, 5.74) is 3.05. The summed E-state index contributed by atoms with van der Waals surface area (Å²) < 4.78 is 2.09. The largest absolute Gasteiger partial charge is 0.350 e. The topological polar surface area (TPSA) is 28.7 Å². The Hall–Kier alpha value is -2.01. The van der Waals surface area contributed by atoms with E-state index < -0.39 is 0 Å². The third-order valence-corrected chi connectivity index (χ3v) is 2.68. The lowest BCUT2D eigenvalue weighted by Crippen LogP contribution is -1.83. The van der Waals surface area contributed by atoms with Crippen LogP contribution in [-0.2, 0) is 7.05 Å². The number of rotatable bonds is 2. The third kappa shape index (κ3) is 1.72. The second kappa shape index (κ2) is 4.24. The Bertz CT molecular complexity index is 583. The molecule has 0 atom stereocenters. The first-order chi connectivity index (χ1) is 7.76. The predicted octanol–water partition coefficient (Wildman–Crippen LogP) is 3.47. The molecule has 0 aliphatic carbocycles. The lowest BCUT2D eigenvalue weighted by atomic mass is 10.1. The molecular formula is C14H14N2. The highest BCUT2D eigenvalue weighted by Gasteiger charge is 2.04. The van der Waals surface area contributed by atoms with Gasteiger partial charge in [0.15, 0.2) is 0 Å². The van der Waals surface area contributed by atoms with E-state index in [1.165, 1.54) is 5.56 Å². The standard InChI is InChI=1S/C14H14N2/c1-3-4-5-12-10-16(2)14-7-6-11(9-15)8-13(12)14/h4-8,10H,3H2,1-2H3/b5-4+. The number of hydrogen-bond donors (Lipinski definition) is 0. The molecule has 2 heteroatoms. The molecule has 1 aromatic heterocycles. The second-order valence-corrected chi connectivity index (χ2v) is 3.85. The van der Waals surface area contributed by atoms with Gasteiger partial charge in [-0.1, -0.05) is 19.1 Å². The van der Waals surface area contributed by atoms with Gasteiger partial charge in [0.1, 0.15) is 0 Å². The molecule has 0 saturated carbocycles. The molecule has 0 aliphatic heterocycles. The summed E-state index contributed by atoms with van der Waals surface area (Å²) in [4.78, 5) is 0. The number of benzene rings is 1. The van der Waals surface area contributed by atoms with Gasteiger partial charge in [0, 0.05) is 24.1 Å². The molecule has 0 N–H and O–H groups in total. The molecular weight excluding hydrogens is 196 g/mol. The molecule has 2 rings (SSSR count). The minimum Gasteiger partial charge on any atom is -0.350 e. The quantitative estimate of drug-likeness (QED) is 0.746. The fourth-order valence-corrected chi connectivity index (χ4v) is 1.87. The second-order valence-electron chi connectivity index (χ2n) is 3.85. The lowest BCUT2D eigenvalue weighted by Gasteiger charge is -1.95. The Balaban J connectivity index is 2.66. The Morgan fingerprint density at radius 1 is 1.44 bits per heavy atom. The first-order valence-corrected chi connectivity index (χ1v) is 5.42. The van der Waals surface area contributed by atoms with E-state index in [1.54, 1.807) is 0 Å². The van der Waals surface area contributed by atoms with Crippen molar-refractivity contribution in [1.82, 2.24) is 4.57 Å². The summed E-state index contributed by atoms with van der Waals surface area (Å²) in [5.74, 6) is 0. The van der Waals surface area contributed by atoms with Crippen LogP contribution in [-0.4, -0.2) is 4.57 Å². The Morgan fingerprint density at radius 3 is 2.94 bits per heavy atom. The van der Waals surface area contributed by atoms with Crippen LogP contribution in [0.5, 0.6) is 0 Å². The van der Waals surface area contributed by atoms with Gasteiger partial charge in [-0.15, -0.1) is 0 Å². The summed E-state index contributed by atoms with van der Waals surface area (Å²) >= 11 is 0. The highest BCUT2D eigenvalue weighted by Crippen LogP contribution is 2.23. The summed E-state index contributed by atoms with van der Waals surface area (Å²) in [6.07, 6.45) is 7.36. The Labute approximate surface area is 95.4 Å². The first kappa shape index (κ1) is 10.5. The molecule has 0 bridgehead atoms. The molecule has 16 heavy (non-hydrogen) atoms. The maximum atomic E-state index is 8.90. The molecule has 2 nitrogen and oxygen atoms in total. The van der Waals surface area contributed by atoms with Crippen LogP contribution in [0.2, 0.25) is 0 Å². The molecule has 0 saturated heterocycles. The van der Waals surface area contributed by atoms with E-state index in [4.69, 9.17) is 5.26 Å². The number of aryl methyl sites for hydroxylation is 1. The zero-order chi connectivity index (χ0) is 11.5. The highest BCUT2D eigenvalue weighted by molar-refractivity contribution is 5.90. The smallest absolute Gasteiger partial charge is 0.0991 e. The van der Waals surface area contributed by atoms with Gasteiger partial charge in [-0.05, 0) is 30.2 Å². The van der Waals surface area contributed by atoms with Crippen molar-refractivity contribution < 1.29 is 0 Å². The van der Waals surface area contributed by atoms with Gasteiger partial charge in [0.25, 0.3) is 0 Å². The zero-order valence-corrected chi connectivity index (χ0v) is 9.57. The summed E-state index contributed by atoms with van der Waals surface area (Å²) in [6.45, 7) is 2.11. The zero-order valence-electron chi connectivity index (χ0n) is 9.57. The maximum absolute atomic E-state index is 8.90. The number of hydrogen-bond acceptors (Lipinski definition) is 1. The fourth-order valence-electron chi connectivity index (χ4n) is 1.87. The van der Waals surface area contributed by atoms with Crippen molar-refractivity contribution in [2.24, 2.45) is 7.05 Å². The summed E-state index contributed by atoms with van der Waals surface area (Å²) in [6, 6.07) is 7.98. The van der Waals surface area contributed by atoms with Crippen molar-refractivity contribution in [2.45, 2.75) is 13.3 Å². The van der Waals surface area contributed by atoms with E-state index in [0.29, 0.717) is 5.56 Å². The van der Waals surface area contributed by atoms with E-state index >= 15 is 0 Å². The molecule has 2 aromatic rings. The number of aromatic nitrogens is 1. The molecule has 1 aromatic carbocycles. The maximum Gasteiger partial charge on any atom is 0.0991 e.